The van der Waals surface area contributed by atoms with Gasteiger partial charge in [-0.1, -0.05) is 70.9 Å². The third kappa shape index (κ3) is 11.8. The van der Waals surface area contributed by atoms with E-state index >= 15 is 0 Å². The number of aliphatic hydroxyl groups is 2. The molecule has 130 valence electrons. The average molecular weight is 313 g/mol. The van der Waals surface area contributed by atoms with Gasteiger partial charge in [0.05, 0.1) is 18.8 Å². The molecule has 0 saturated heterocycles. The van der Waals surface area contributed by atoms with Crippen LogP contribution in [0.1, 0.15) is 78.1 Å². The molecule has 0 aromatic carbocycles. The molecule has 0 aromatic heterocycles. The highest BCUT2D eigenvalue weighted by Gasteiger charge is 2.16. The predicted octanol–water partition coefficient (Wildman–Crippen LogP) is 3.32. The van der Waals surface area contributed by atoms with Gasteiger partial charge in [-0.3, -0.25) is 4.79 Å². The van der Waals surface area contributed by atoms with Crippen LogP contribution in [0.15, 0.2) is 12.2 Å². The van der Waals surface area contributed by atoms with Crippen LogP contribution in [0.25, 0.3) is 0 Å². The van der Waals surface area contributed by atoms with Crippen molar-refractivity contribution < 1.29 is 15.0 Å². The Balaban J connectivity index is 3.67. The summed E-state index contributed by atoms with van der Waals surface area (Å²) < 4.78 is 0. The van der Waals surface area contributed by atoms with Crippen molar-refractivity contribution in [3.8, 4) is 0 Å². The number of unbranched alkanes of at least 4 members (excludes halogenated alkanes) is 8. The largest absolute Gasteiger partial charge is 0.394 e. The zero-order chi connectivity index (χ0) is 16.6. The highest BCUT2D eigenvalue weighted by molar-refractivity contribution is 5.75. The van der Waals surface area contributed by atoms with Crippen LogP contribution in [-0.4, -0.2) is 34.9 Å². The van der Waals surface area contributed by atoms with E-state index in [1.807, 2.05) is 6.08 Å². The summed E-state index contributed by atoms with van der Waals surface area (Å²) in [7, 11) is 0. The van der Waals surface area contributed by atoms with Crippen molar-refractivity contribution in [2.45, 2.75) is 90.2 Å². The molecule has 1 amide bonds. The number of carbonyl (C=O) groups excluding carboxylic acids is 1. The van der Waals surface area contributed by atoms with Gasteiger partial charge in [-0.15, -0.1) is 0 Å². The lowest BCUT2D eigenvalue weighted by Crippen LogP contribution is -2.44. The molecule has 0 bridgehead atoms. The molecule has 0 radical (unpaired) electrons. The minimum absolute atomic E-state index is 0.158. The molecule has 2 unspecified atom stereocenters. The molecular weight excluding hydrogens is 278 g/mol. The Morgan fingerprint density at radius 2 is 1.64 bits per heavy atom. The Bertz CT molecular complexity index is 292. The maximum absolute atomic E-state index is 11.3. The van der Waals surface area contributed by atoms with Crippen molar-refractivity contribution in [2.75, 3.05) is 6.61 Å². The van der Waals surface area contributed by atoms with E-state index in [1.54, 1.807) is 13.0 Å². The molecule has 0 fully saturated rings. The van der Waals surface area contributed by atoms with Crippen molar-refractivity contribution in [1.29, 1.82) is 0 Å². The number of aliphatic hydroxyl groups excluding tert-OH is 2. The van der Waals surface area contributed by atoms with Gasteiger partial charge in [-0.05, 0) is 12.8 Å². The standard InChI is InChI=1S/C18H35NO3/c1-3-5-6-7-8-9-10-11-12-13-14-17(21)16(15-20)19-18(22)4-2/h13-14,16-17,20-21H,3-12,15H2,1-2H3,(H,19,22)/b14-13+. The Morgan fingerprint density at radius 1 is 1.05 bits per heavy atom. The summed E-state index contributed by atoms with van der Waals surface area (Å²) in [6.45, 7) is 3.72. The number of rotatable bonds is 14. The first-order valence-corrected chi connectivity index (χ1v) is 8.90. The molecule has 4 heteroatoms. The number of carbonyl (C=O) groups is 1. The van der Waals surface area contributed by atoms with Crippen molar-refractivity contribution >= 4 is 5.91 Å². The van der Waals surface area contributed by atoms with Crippen LogP contribution in [-0.2, 0) is 4.79 Å². The molecule has 0 aliphatic heterocycles. The van der Waals surface area contributed by atoms with E-state index in [4.69, 9.17) is 0 Å². The number of allylic oxidation sites excluding steroid dienone is 1. The molecule has 0 rings (SSSR count). The van der Waals surface area contributed by atoms with Gasteiger partial charge in [-0.25, -0.2) is 0 Å². The molecule has 22 heavy (non-hydrogen) atoms. The Morgan fingerprint density at radius 3 is 2.18 bits per heavy atom. The minimum atomic E-state index is -0.824. The molecule has 0 spiro atoms. The molecule has 0 aromatic rings. The second-order valence-corrected chi connectivity index (χ2v) is 5.89. The van der Waals surface area contributed by atoms with Crippen molar-refractivity contribution in [2.24, 2.45) is 0 Å². The molecule has 2 atom stereocenters. The predicted molar refractivity (Wildman–Crippen MR) is 91.7 cm³/mol. The molecule has 0 saturated carbocycles. The topological polar surface area (TPSA) is 69.6 Å². The summed E-state index contributed by atoms with van der Waals surface area (Å²) in [4.78, 5) is 11.3. The third-order valence-electron chi connectivity index (χ3n) is 3.83. The van der Waals surface area contributed by atoms with E-state index in [0.717, 1.165) is 12.8 Å². The van der Waals surface area contributed by atoms with Gasteiger partial charge >= 0.3 is 0 Å². The molecule has 0 aliphatic rings. The lowest BCUT2D eigenvalue weighted by molar-refractivity contribution is -0.122. The van der Waals surface area contributed by atoms with Gasteiger partial charge in [0.1, 0.15) is 0 Å². The van der Waals surface area contributed by atoms with Crippen molar-refractivity contribution in [3.63, 3.8) is 0 Å². The van der Waals surface area contributed by atoms with Crippen LogP contribution >= 0.6 is 0 Å². The summed E-state index contributed by atoms with van der Waals surface area (Å²) in [5, 5.41) is 21.7. The smallest absolute Gasteiger partial charge is 0.220 e. The van der Waals surface area contributed by atoms with Gasteiger partial charge < -0.3 is 15.5 Å². The van der Waals surface area contributed by atoms with Gasteiger partial charge in [0.15, 0.2) is 0 Å². The quantitative estimate of drug-likeness (QED) is 0.340. The van der Waals surface area contributed by atoms with Gasteiger partial charge in [0.2, 0.25) is 5.91 Å². The number of amides is 1. The maximum atomic E-state index is 11.3. The molecule has 4 nitrogen and oxygen atoms in total. The van der Waals surface area contributed by atoms with E-state index in [0.29, 0.717) is 6.42 Å². The summed E-state index contributed by atoms with van der Waals surface area (Å²) in [6.07, 6.45) is 14.4. The van der Waals surface area contributed by atoms with Crippen LogP contribution in [0, 0.1) is 0 Å². The maximum Gasteiger partial charge on any atom is 0.220 e. The summed E-state index contributed by atoms with van der Waals surface area (Å²) in [6, 6.07) is -0.609. The second-order valence-electron chi connectivity index (χ2n) is 5.89. The second kappa shape index (κ2) is 15.0. The molecule has 0 aliphatic carbocycles. The lowest BCUT2D eigenvalue weighted by atomic mass is 10.1. The van der Waals surface area contributed by atoms with Crippen LogP contribution in [0.2, 0.25) is 0 Å². The normalized spacial score (nSPS) is 14.2. The third-order valence-corrected chi connectivity index (χ3v) is 3.83. The zero-order valence-corrected chi connectivity index (χ0v) is 14.4. The van der Waals surface area contributed by atoms with Gasteiger partial charge in [0, 0.05) is 6.42 Å². The summed E-state index contributed by atoms with van der Waals surface area (Å²) in [5.74, 6) is -0.158. The molecular formula is C18H35NO3. The van der Waals surface area contributed by atoms with E-state index in [-0.39, 0.29) is 12.5 Å². The van der Waals surface area contributed by atoms with Crippen molar-refractivity contribution in [1.82, 2.24) is 5.32 Å². The number of hydrogen-bond acceptors (Lipinski definition) is 3. The summed E-state index contributed by atoms with van der Waals surface area (Å²) >= 11 is 0. The number of hydrogen-bond donors (Lipinski definition) is 3. The fraction of sp³-hybridized carbons (Fsp3) is 0.833. The highest BCUT2D eigenvalue weighted by Crippen LogP contribution is 2.10. The Labute approximate surface area is 136 Å². The van der Waals surface area contributed by atoms with Gasteiger partial charge in [-0.2, -0.15) is 0 Å². The van der Waals surface area contributed by atoms with E-state index in [9.17, 15) is 15.0 Å². The van der Waals surface area contributed by atoms with Crippen molar-refractivity contribution in [3.05, 3.63) is 12.2 Å². The lowest BCUT2D eigenvalue weighted by Gasteiger charge is -2.19. The fourth-order valence-corrected chi connectivity index (χ4v) is 2.31. The Hall–Kier alpha value is -0.870. The highest BCUT2D eigenvalue weighted by atomic mass is 16.3. The zero-order valence-electron chi connectivity index (χ0n) is 14.4. The first-order chi connectivity index (χ1) is 10.7. The van der Waals surface area contributed by atoms with Crippen LogP contribution in [0.4, 0.5) is 0 Å². The Kier molecular flexibility index (Phi) is 14.4. The molecule has 3 N–H and O–H groups in total. The van der Waals surface area contributed by atoms with E-state index < -0.39 is 12.1 Å². The summed E-state index contributed by atoms with van der Waals surface area (Å²) in [5.41, 5.74) is 0. The van der Waals surface area contributed by atoms with Crippen LogP contribution in [0.5, 0.6) is 0 Å². The first-order valence-electron chi connectivity index (χ1n) is 8.90. The number of nitrogens with one attached hydrogen (secondary N) is 1. The fourth-order valence-electron chi connectivity index (χ4n) is 2.31. The van der Waals surface area contributed by atoms with E-state index in [1.165, 1.54) is 44.9 Å². The first kappa shape index (κ1) is 21.1. The van der Waals surface area contributed by atoms with Crippen LogP contribution < -0.4 is 5.32 Å². The SMILES string of the molecule is CCCCCCCCCC/C=C/C(O)C(CO)NC(=O)CC. The van der Waals surface area contributed by atoms with E-state index in [2.05, 4.69) is 12.2 Å². The average Bonchev–Trinajstić information content (AvgIpc) is 2.53. The van der Waals surface area contributed by atoms with Gasteiger partial charge in [0.25, 0.3) is 0 Å². The molecule has 0 heterocycles. The monoisotopic (exact) mass is 313 g/mol. The van der Waals surface area contributed by atoms with Crippen LogP contribution in [0.3, 0.4) is 0 Å². The minimum Gasteiger partial charge on any atom is -0.394 e.